The Bertz CT molecular complexity index is 1160. The lowest BCUT2D eigenvalue weighted by Crippen LogP contribution is -2.14. The number of benzene rings is 2. The van der Waals surface area contributed by atoms with Gasteiger partial charge in [0.15, 0.2) is 11.0 Å². The molecule has 0 radical (unpaired) electrons. The van der Waals surface area contributed by atoms with E-state index in [1.807, 2.05) is 78.2 Å². The van der Waals surface area contributed by atoms with Crippen molar-refractivity contribution < 1.29 is 4.79 Å². The Morgan fingerprint density at radius 3 is 2.63 bits per heavy atom. The molecule has 30 heavy (non-hydrogen) atoms. The van der Waals surface area contributed by atoms with Gasteiger partial charge in [-0.05, 0) is 49.4 Å². The molecule has 6 nitrogen and oxygen atoms in total. The van der Waals surface area contributed by atoms with E-state index in [-0.39, 0.29) is 11.7 Å². The minimum absolute atomic E-state index is 0.115. The van der Waals surface area contributed by atoms with Crippen molar-refractivity contribution in [3.63, 3.8) is 0 Å². The molecule has 0 spiro atoms. The van der Waals surface area contributed by atoms with Crippen molar-refractivity contribution in [2.75, 3.05) is 11.1 Å². The Balaban J connectivity index is 1.59. The summed E-state index contributed by atoms with van der Waals surface area (Å²) in [7, 11) is 0. The van der Waals surface area contributed by atoms with Gasteiger partial charge in [-0.3, -0.25) is 14.3 Å². The Labute approximate surface area is 186 Å². The number of carbonyl (C=O) groups excluding carboxylic acids is 1. The Morgan fingerprint density at radius 2 is 1.90 bits per heavy atom. The van der Waals surface area contributed by atoms with E-state index in [1.165, 1.54) is 11.8 Å². The maximum atomic E-state index is 12.4. The average molecular weight is 480 g/mol. The van der Waals surface area contributed by atoms with E-state index in [0.717, 1.165) is 27.1 Å². The molecule has 0 fully saturated rings. The van der Waals surface area contributed by atoms with Gasteiger partial charge in [0.25, 0.3) is 0 Å². The van der Waals surface area contributed by atoms with Crippen molar-refractivity contribution in [1.29, 1.82) is 0 Å². The zero-order valence-electron chi connectivity index (χ0n) is 16.1. The van der Waals surface area contributed by atoms with E-state index in [0.29, 0.717) is 11.0 Å². The molecule has 150 valence electrons. The summed E-state index contributed by atoms with van der Waals surface area (Å²) in [5.74, 6) is 0.726. The van der Waals surface area contributed by atoms with Crippen molar-refractivity contribution in [3.8, 4) is 17.2 Å². The number of rotatable bonds is 6. The number of amides is 1. The molecule has 8 heteroatoms. The molecular formula is C22H18BrN5OS. The molecule has 0 saturated heterocycles. The van der Waals surface area contributed by atoms with E-state index in [1.54, 1.807) is 6.20 Å². The number of hydrogen-bond acceptors (Lipinski definition) is 5. The predicted octanol–water partition coefficient (Wildman–Crippen LogP) is 5.13. The molecule has 0 unspecified atom stereocenters. The minimum Gasteiger partial charge on any atom is -0.325 e. The van der Waals surface area contributed by atoms with E-state index in [4.69, 9.17) is 0 Å². The molecule has 4 aromatic rings. The summed E-state index contributed by atoms with van der Waals surface area (Å²) in [6.07, 6.45) is 1.72. The predicted molar refractivity (Wildman–Crippen MR) is 123 cm³/mol. The van der Waals surface area contributed by atoms with Crippen LogP contribution in [-0.2, 0) is 4.79 Å². The molecule has 1 amide bonds. The van der Waals surface area contributed by atoms with Crippen molar-refractivity contribution in [2.45, 2.75) is 12.1 Å². The second-order valence-electron chi connectivity index (χ2n) is 6.54. The quantitative estimate of drug-likeness (QED) is 0.388. The number of aromatic nitrogens is 4. The highest BCUT2D eigenvalue weighted by Gasteiger charge is 2.18. The Hall–Kier alpha value is -2.97. The second-order valence-corrected chi connectivity index (χ2v) is 8.40. The van der Waals surface area contributed by atoms with Gasteiger partial charge in [-0.1, -0.05) is 57.5 Å². The Kier molecular flexibility index (Phi) is 6.25. The van der Waals surface area contributed by atoms with E-state index in [2.05, 4.69) is 36.4 Å². The van der Waals surface area contributed by atoms with Gasteiger partial charge in [-0.25, -0.2) is 0 Å². The molecule has 0 aliphatic heterocycles. The third kappa shape index (κ3) is 4.77. The molecule has 0 aliphatic carbocycles. The lowest BCUT2D eigenvalue weighted by molar-refractivity contribution is -0.113. The van der Waals surface area contributed by atoms with E-state index < -0.39 is 0 Å². The highest BCUT2D eigenvalue weighted by atomic mass is 79.9. The van der Waals surface area contributed by atoms with Crippen LogP contribution >= 0.6 is 27.7 Å². The molecule has 2 aromatic heterocycles. The topological polar surface area (TPSA) is 72.7 Å². The van der Waals surface area contributed by atoms with Gasteiger partial charge < -0.3 is 5.32 Å². The lowest BCUT2D eigenvalue weighted by atomic mass is 10.2. The maximum absolute atomic E-state index is 12.4. The summed E-state index contributed by atoms with van der Waals surface area (Å²) in [4.78, 5) is 16.9. The highest BCUT2D eigenvalue weighted by molar-refractivity contribution is 9.10. The first-order valence-electron chi connectivity index (χ1n) is 9.22. The molecule has 4 rings (SSSR count). The summed E-state index contributed by atoms with van der Waals surface area (Å²) in [6.45, 7) is 2.04. The van der Waals surface area contributed by atoms with Gasteiger partial charge in [-0.2, -0.15) is 0 Å². The first-order chi connectivity index (χ1) is 14.6. The molecular weight excluding hydrogens is 462 g/mol. The summed E-state index contributed by atoms with van der Waals surface area (Å²) < 4.78 is 2.84. The van der Waals surface area contributed by atoms with Crippen LogP contribution in [0.25, 0.3) is 17.2 Å². The zero-order valence-corrected chi connectivity index (χ0v) is 18.5. The fraction of sp³-hybridized carbons (Fsp3) is 0.0909. The number of hydrogen-bond donors (Lipinski definition) is 1. The minimum atomic E-state index is -0.115. The first kappa shape index (κ1) is 20.3. The van der Waals surface area contributed by atoms with Crippen LogP contribution in [0, 0.1) is 6.92 Å². The van der Waals surface area contributed by atoms with Gasteiger partial charge >= 0.3 is 0 Å². The molecule has 1 N–H and O–H groups in total. The van der Waals surface area contributed by atoms with Crippen LogP contribution in [0.4, 0.5) is 5.69 Å². The molecule has 0 saturated carbocycles. The number of nitrogens with one attached hydrogen (secondary N) is 1. The smallest absolute Gasteiger partial charge is 0.234 e. The number of carbonyl (C=O) groups is 1. The third-order valence-corrected chi connectivity index (χ3v) is 5.68. The molecule has 2 aromatic carbocycles. The third-order valence-electron chi connectivity index (χ3n) is 4.26. The lowest BCUT2D eigenvalue weighted by Gasteiger charge is -2.10. The van der Waals surface area contributed by atoms with Gasteiger partial charge in [0, 0.05) is 22.0 Å². The summed E-state index contributed by atoms with van der Waals surface area (Å²) in [5.41, 5.74) is 3.54. The second kappa shape index (κ2) is 9.23. The molecule has 0 aliphatic rings. The normalized spacial score (nSPS) is 10.7. The Morgan fingerprint density at radius 1 is 1.07 bits per heavy atom. The van der Waals surface area contributed by atoms with Crippen LogP contribution in [0.2, 0.25) is 0 Å². The van der Waals surface area contributed by atoms with Gasteiger partial charge in [0.1, 0.15) is 5.69 Å². The van der Waals surface area contributed by atoms with Gasteiger partial charge in [-0.15, -0.1) is 10.2 Å². The van der Waals surface area contributed by atoms with E-state index >= 15 is 0 Å². The van der Waals surface area contributed by atoms with Crippen LogP contribution in [0.15, 0.2) is 82.6 Å². The number of thioether (sulfide) groups is 1. The number of anilines is 1. The summed E-state index contributed by atoms with van der Waals surface area (Å²) >= 11 is 4.74. The average Bonchev–Trinajstić information content (AvgIpc) is 3.17. The molecule has 0 bridgehead atoms. The van der Waals surface area contributed by atoms with Crippen LogP contribution in [-0.4, -0.2) is 31.4 Å². The van der Waals surface area contributed by atoms with Gasteiger partial charge in [0.2, 0.25) is 5.91 Å². The van der Waals surface area contributed by atoms with Crippen LogP contribution < -0.4 is 5.32 Å². The maximum Gasteiger partial charge on any atom is 0.234 e. The first-order valence-corrected chi connectivity index (χ1v) is 11.0. The monoisotopic (exact) mass is 479 g/mol. The fourth-order valence-electron chi connectivity index (χ4n) is 2.84. The molecule has 0 atom stereocenters. The van der Waals surface area contributed by atoms with Crippen molar-refractivity contribution in [1.82, 2.24) is 19.7 Å². The largest absolute Gasteiger partial charge is 0.325 e. The van der Waals surface area contributed by atoms with Crippen molar-refractivity contribution >= 4 is 39.3 Å². The van der Waals surface area contributed by atoms with Crippen LogP contribution in [0.1, 0.15) is 5.56 Å². The van der Waals surface area contributed by atoms with E-state index in [9.17, 15) is 4.79 Å². The summed E-state index contributed by atoms with van der Waals surface area (Å²) in [6, 6.07) is 21.2. The van der Waals surface area contributed by atoms with Crippen LogP contribution in [0.5, 0.6) is 0 Å². The number of pyridine rings is 1. The van der Waals surface area contributed by atoms with Crippen LogP contribution in [0.3, 0.4) is 0 Å². The number of halogens is 1. The highest BCUT2D eigenvalue weighted by Crippen LogP contribution is 2.27. The molecule has 2 heterocycles. The summed E-state index contributed by atoms with van der Waals surface area (Å²) in [5, 5.41) is 12.2. The number of nitrogens with zero attached hydrogens (tertiary/aromatic N) is 4. The SMILES string of the molecule is Cc1ccc(-n2c(SCC(=O)Nc3cccc(Br)c3)nnc2-c2ccccn2)cc1. The number of aryl methyl sites for hydroxylation is 1. The van der Waals surface area contributed by atoms with Gasteiger partial charge in [0.05, 0.1) is 5.75 Å². The van der Waals surface area contributed by atoms with Crippen molar-refractivity contribution in [3.05, 3.63) is 83.0 Å². The fourth-order valence-corrected chi connectivity index (χ4v) is 4.00. The standard InChI is InChI=1S/C22H18BrN5OS/c1-15-8-10-18(11-9-15)28-21(19-7-2-3-12-24-19)26-27-22(28)30-14-20(29)25-17-6-4-5-16(23)13-17/h2-13H,14H2,1H3,(H,25,29). The zero-order chi connectivity index (χ0) is 20.9. The van der Waals surface area contributed by atoms with Crippen molar-refractivity contribution in [2.24, 2.45) is 0 Å².